The molecule has 0 aliphatic heterocycles. The number of aliphatic hydroxyl groups excluding tert-OH is 1. The minimum absolute atomic E-state index is 0.0727. The molecule has 0 saturated carbocycles. The van der Waals surface area contributed by atoms with Crippen molar-refractivity contribution in [3.8, 4) is 5.75 Å². The standard InChI is InChI=1S/C26H25ClN2O5S/c1-29-13-21(25(32)28-12-16-7-9-17(27)10-8-16)24(31)20-11-18(35-26(20)29)14-34-15-22(30)19-5-3-4-6-23(19)33-2/h3-11,13,22,30H,12,14-15H2,1-2H3,(H,28,32)/t22-/m0/s1. The van der Waals surface area contributed by atoms with Gasteiger partial charge in [-0.1, -0.05) is 41.9 Å². The summed E-state index contributed by atoms with van der Waals surface area (Å²) in [7, 11) is 3.35. The monoisotopic (exact) mass is 512 g/mol. The largest absolute Gasteiger partial charge is 0.496 e. The van der Waals surface area contributed by atoms with Crippen LogP contribution in [0.2, 0.25) is 5.02 Å². The first kappa shape index (κ1) is 24.9. The number of carbonyl (C=O) groups excluding carboxylic acids is 1. The van der Waals surface area contributed by atoms with E-state index in [9.17, 15) is 14.7 Å². The van der Waals surface area contributed by atoms with Crippen LogP contribution in [0.25, 0.3) is 10.2 Å². The summed E-state index contributed by atoms with van der Waals surface area (Å²) in [4.78, 5) is 27.3. The van der Waals surface area contributed by atoms with Crippen molar-refractivity contribution >= 4 is 39.1 Å². The molecule has 1 atom stereocenters. The number of para-hydroxylation sites is 1. The van der Waals surface area contributed by atoms with Gasteiger partial charge in [0.05, 0.1) is 25.7 Å². The molecule has 2 N–H and O–H groups in total. The Labute approximate surface area is 211 Å². The van der Waals surface area contributed by atoms with E-state index < -0.39 is 12.0 Å². The summed E-state index contributed by atoms with van der Waals surface area (Å²) in [6, 6.07) is 16.1. The second-order valence-electron chi connectivity index (χ2n) is 8.00. The quantitative estimate of drug-likeness (QED) is 0.346. The molecule has 0 unspecified atom stereocenters. The minimum Gasteiger partial charge on any atom is -0.496 e. The van der Waals surface area contributed by atoms with Gasteiger partial charge in [0.15, 0.2) is 0 Å². The molecule has 2 heterocycles. The number of hydrogen-bond donors (Lipinski definition) is 2. The number of nitrogens with one attached hydrogen (secondary N) is 1. The average molecular weight is 513 g/mol. The summed E-state index contributed by atoms with van der Waals surface area (Å²) in [5.74, 6) is 0.154. The molecule has 182 valence electrons. The predicted octanol–water partition coefficient (Wildman–Crippen LogP) is 4.44. The Morgan fingerprint density at radius 3 is 2.69 bits per heavy atom. The molecule has 4 rings (SSSR count). The second-order valence-corrected chi connectivity index (χ2v) is 9.55. The van der Waals surface area contributed by atoms with Crippen LogP contribution in [0, 0.1) is 0 Å². The lowest BCUT2D eigenvalue weighted by Crippen LogP contribution is -2.29. The highest BCUT2D eigenvalue weighted by molar-refractivity contribution is 7.18. The first-order valence-corrected chi connectivity index (χ1v) is 12.1. The van der Waals surface area contributed by atoms with Gasteiger partial charge in [-0.25, -0.2) is 0 Å². The fourth-order valence-corrected chi connectivity index (χ4v) is 4.88. The van der Waals surface area contributed by atoms with Gasteiger partial charge in [0.2, 0.25) is 5.43 Å². The Hall–Kier alpha value is -3.17. The van der Waals surface area contributed by atoms with Crippen LogP contribution in [0.4, 0.5) is 0 Å². The zero-order valence-corrected chi connectivity index (χ0v) is 20.9. The van der Waals surface area contributed by atoms with Gasteiger partial charge in [-0.15, -0.1) is 11.3 Å². The van der Waals surface area contributed by atoms with E-state index in [-0.39, 0.29) is 30.8 Å². The van der Waals surface area contributed by atoms with Crippen LogP contribution < -0.4 is 15.5 Å². The van der Waals surface area contributed by atoms with E-state index in [1.54, 1.807) is 55.3 Å². The van der Waals surface area contributed by atoms with Crippen molar-refractivity contribution in [3.63, 3.8) is 0 Å². The number of hydrogen-bond acceptors (Lipinski definition) is 6. The maximum atomic E-state index is 13.0. The number of aliphatic hydroxyl groups is 1. The van der Waals surface area contributed by atoms with Crippen LogP contribution in [0.3, 0.4) is 0 Å². The van der Waals surface area contributed by atoms with Gasteiger partial charge < -0.3 is 24.5 Å². The van der Waals surface area contributed by atoms with E-state index in [1.165, 1.54) is 11.3 Å². The maximum Gasteiger partial charge on any atom is 0.257 e. The number of methoxy groups -OCH3 is 1. The first-order valence-electron chi connectivity index (χ1n) is 10.9. The molecule has 2 aromatic heterocycles. The van der Waals surface area contributed by atoms with Gasteiger partial charge in [-0.2, -0.15) is 0 Å². The molecule has 1 amide bonds. The fraction of sp³-hybridized carbons (Fsp3) is 0.231. The number of benzene rings is 2. The highest BCUT2D eigenvalue weighted by atomic mass is 35.5. The van der Waals surface area contributed by atoms with Crippen LogP contribution in [0.1, 0.15) is 32.5 Å². The number of rotatable bonds is 9. The molecule has 0 aliphatic rings. The molecule has 0 aliphatic carbocycles. The highest BCUT2D eigenvalue weighted by Gasteiger charge is 2.18. The lowest BCUT2D eigenvalue weighted by atomic mass is 10.1. The van der Waals surface area contributed by atoms with E-state index in [0.29, 0.717) is 21.7 Å². The summed E-state index contributed by atoms with van der Waals surface area (Å²) < 4.78 is 12.8. The Balaban J connectivity index is 1.44. The van der Waals surface area contributed by atoms with Crippen LogP contribution in [-0.2, 0) is 24.9 Å². The van der Waals surface area contributed by atoms with E-state index in [4.69, 9.17) is 21.1 Å². The third kappa shape index (κ3) is 5.74. The highest BCUT2D eigenvalue weighted by Crippen LogP contribution is 2.27. The van der Waals surface area contributed by atoms with Crippen molar-refractivity contribution in [2.45, 2.75) is 19.3 Å². The fourth-order valence-electron chi connectivity index (χ4n) is 3.73. The van der Waals surface area contributed by atoms with Gasteiger partial charge in [-0.05, 0) is 29.8 Å². The molecule has 0 spiro atoms. The lowest BCUT2D eigenvalue weighted by Gasteiger charge is -2.14. The molecule has 0 fully saturated rings. The Kier molecular flexibility index (Phi) is 7.87. The normalized spacial score (nSPS) is 12.0. The van der Waals surface area contributed by atoms with Gasteiger partial charge in [0.1, 0.15) is 22.2 Å². The summed E-state index contributed by atoms with van der Waals surface area (Å²) in [5, 5.41) is 14.3. The Morgan fingerprint density at radius 1 is 1.20 bits per heavy atom. The number of carbonyl (C=O) groups is 1. The zero-order chi connectivity index (χ0) is 24.9. The van der Waals surface area contributed by atoms with Gasteiger partial charge in [-0.3, -0.25) is 9.59 Å². The molecule has 4 aromatic rings. The molecule has 2 aromatic carbocycles. The van der Waals surface area contributed by atoms with Gasteiger partial charge >= 0.3 is 0 Å². The van der Waals surface area contributed by atoms with E-state index in [0.717, 1.165) is 15.3 Å². The number of aromatic nitrogens is 1. The summed E-state index contributed by atoms with van der Waals surface area (Å²) in [6.45, 7) is 0.584. The average Bonchev–Trinajstić information content (AvgIpc) is 3.30. The van der Waals surface area contributed by atoms with Crippen molar-refractivity contribution in [2.75, 3.05) is 13.7 Å². The van der Waals surface area contributed by atoms with Crippen molar-refractivity contribution < 1.29 is 19.4 Å². The molecule has 0 radical (unpaired) electrons. The lowest BCUT2D eigenvalue weighted by molar-refractivity contribution is 0.0276. The molecule has 9 heteroatoms. The molecular formula is C26H25ClN2O5S. The van der Waals surface area contributed by atoms with Crippen LogP contribution in [0.5, 0.6) is 5.75 Å². The second kappa shape index (κ2) is 11.0. The van der Waals surface area contributed by atoms with E-state index in [2.05, 4.69) is 5.32 Å². The third-order valence-electron chi connectivity index (χ3n) is 5.52. The number of halogens is 1. The molecule has 0 saturated heterocycles. The third-order valence-corrected chi connectivity index (χ3v) is 6.98. The molecule has 0 bridgehead atoms. The topological polar surface area (TPSA) is 89.8 Å². The summed E-state index contributed by atoms with van der Waals surface area (Å²) in [6.07, 6.45) is 0.705. The number of thiophene rings is 1. The van der Waals surface area contributed by atoms with Crippen LogP contribution >= 0.6 is 22.9 Å². The van der Waals surface area contributed by atoms with Crippen LogP contribution in [0.15, 0.2) is 65.6 Å². The molecular weight excluding hydrogens is 488 g/mol. The number of nitrogens with zero attached hydrogens (tertiary/aromatic N) is 1. The number of amides is 1. The first-order chi connectivity index (χ1) is 16.9. The zero-order valence-electron chi connectivity index (χ0n) is 19.3. The Bertz CT molecular complexity index is 1400. The summed E-state index contributed by atoms with van der Waals surface area (Å²) in [5.41, 5.74) is 1.27. The molecule has 7 nitrogen and oxygen atoms in total. The van der Waals surface area contributed by atoms with Crippen molar-refractivity contribution in [3.05, 3.63) is 97.6 Å². The van der Waals surface area contributed by atoms with Crippen molar-refractivity contribution in [1.82, 2.24) is 9.88 Å². The van der Waals surface area contributed by atoms with E-state index >= 15 is 0 Å². The van der Waals surface area contributed by atoms with Crippen molar-refractivity contribution in [1.29, 1.82) is 0 Å². The SMILES string of the molecule is COc1ccccc1[C@@H](O)COCc1cc2c(=O)c(C(=O)NCc3ccc(Cl)cc3)cn(C)c2s1. The minimum atomic E-state index is -0.845. The van der Waals surface area contributed by atoms with E-state index in [1.807, 2.05) is 24.3 Å². The number of pyridine rings is 1. The number of aryl methyl sites for hydroxylation is 1. The number of ether oxygens (including phenoxy) is 2. The predicted molar refractivity (Wildman–Crippen MR) is 137 cm³/mol. The maximum absolute atomic E-state index is 13.0. The number of fused-ring (bicyclic) bond motifs is 1. The van der Waals surface area contributed by atoms with Crippen LogP contribution in [-0.4, -0.2) is 29.3 Å². The van der Waals surface area contributed by atoms with Crippen molar-refractivity contribution in [2.24, 2.45) is 7.05 Å². The molecule has 35 heavy (non-hydrogen) atoms. The van der Waals surface area contributed by atoms with Gasteiger partial charge in [0, 0.05) is 35.3 Å². The smallest absolute Gasteiger partial charge is 0.257 e. The van der Waals surface area contributed by atoms with Gasteiger partial charge in [0.25, 0.3) is 5.91 Å². The Morgan fingerprint density at radius 2 is 1.94 bits per heavy atom. The summed E-state index contributed by atoms with van der Waals surface area (Å²) >= 11 is 7.31.